The molecule has 0 aromatic heterocycles. The predicted molar refractivity (Wildman–Crippen MR) is 67.3 cm³/mol. The van der Waals surface area contributed by atoms with Crippen LogP contribution in [0, 0.1) is 0 Å². The summed E-state index contributed by atoms with van der Waals surface area (Å²) in [4.78, 5) is 27.7. The number of halogens is 1. The zero-order valence-electron chi connectivity index (χ0n) is 8.42. The number of aliphatic carboxylic acids is 1. The van der Waals surface area contributed by atoms with E-state index in [4.69, 9.17) is 16.7 Å². The maximum Gasteiger partial charge on any atom is 0.352 e. The number of amides is 1. The number of hydrogen-bond donors (Lipinski definition) is 1. The lowest BCUT2D eigenvalue weighted by molar-refractivity contribution is -0.145. The Morgan fingerprint density at radius 3 is 3.06 bits per heavy atom. The third-order valence-electron chi connectivity index (χ3n) is 2.52. The van der Waals surface area contributed by atoms with E-state index in [2.05, 4.69) is 22.4 Å². The molecule has 0 saturated carbocycles. The number of carbonyl (C=O) groups excluding carboxylic acids is 1. The fourth-order valence-electron chi connectivity index (χ4n) is 1.75. The van der Waals surface area contributed by atoms with Crippen molar-refractivity contribution < 1.29 is 14.7 Å². The molecule has 1 saturated heterocycles. The monoisotopic (exact) mass is 290 g/mol. The van der Waals surface area contributed by atoms with Crippen LogP contribution in [0.4, 0.5) is 0 Å². The van der Waals surface area contributed by atoms with Gasteiger partial charge in [0.2, 0.25) is 5.91 Å². The number of β-lactam (4-membered cyclic amide) rings is 1. The van der Waals surface area contributed by atoms with Crippen LogP contribution in [-0.2, 0) is 9.59 Å². The van der Waals surface area contributed by atoms with Gasteiger partial charge in [0, 0.05) is 5.75 Å². The number of carboxylic acids is 1. The molecule has 1 fully saturated rings. The summed E-state index contributed by atoms with van der Waals surface area (Å²) < 4.78 is 0. The summed E-state index contributed by atoms with van der Waals surface area (Å²) in [6.45, 7) is 0.154. The van der Waals surface area contributed by atoms with E-state index in [1.165, 1.54) is 16.7 Å². The summed E-state index contributed by atoms with van der Waals surface area (Å²) >= 11 is 11.7. The Labute approximate surface area is 112 Å². The second kappa shape index (κ2) is 4.78. The van der Waals surface area contributed by atoms with E-state index in [0.717, 1.165) is 0 Å². The zero-order chi connectivity index (χ0) is 12.6. The summed E-state index contributed by atoms with van der Waals surface area (Å²) in [5.74, 6) is -1.02. The van der Waals surface area contributed by atoms with Gasteiger partial charge in [0.15, 0.2) is 0 Å². The predicted octanol–water partition coefficient (Wildman–Crippen LogP) is 0.950. The number of hydrogen-bond acceptors (Lipinski definition) is 5. The number of isothiocyanates is 1. The Kier molecular flexibility index (Phi) is 3.53. The molecule has 2 aliphatic heterocycles. The lowest BCUT2D eigenvalue weighted by atomic mass is 10.1. The van der Waals surface area contributed by atoms with Gasteiger partial charge in [0.1, 0.15) is 16.4 Å². The first kappa shape index (κ1) is 12.6. The number of thioether (sulfide) groups is 1. The van der Waals surface area contributed by atoms with Crippen molar-refractivity contribution in [3.63, 3.8) is 0 Å². The lowest BCUT2D eigenvalue weighted by Crippen LogP contribution is -2.62. The van der Waals surface area contributed by atoms with Crippen LogP contribution in [0.3, 0.4) is 0 Å². The molecule has 2 rings (SSSR count). The van der Waals surface area contributed by atoms with E-state index in [1.807, 2.05) is 0 Å². The molecule has 1 N–H and O–H groups in total. The van der Waals surface area contributed by atoms with Crippen LogP contribution in [0.1, 0.15) is 0 Å². The minimum Gasteiger partial charge on any atom is -0.477 e. The third kappa shape index (κ3) is 1.99. The van der Waals surface area contributed by atoms with Gasteiger partial charge in [-0.2, -0.15) is 0 Å². The molecule has 2 aliphatic rings. The van der Waals surface area contributed by atoms with E-state index in [9.17, 15) is 9.59 Å². The second-order valence-corrected chi connectivity index (χ2v) is 5.23. The molecule has 2 atom stereocenters. The first-order valence-corrected chi connectivity index (χ1v) is 6.55. The molecule has 0 aromatic carbocycles. The topological polar surface area (TPSA) is 70.0 Å². The number of alkyl halides is 1. The van der Waals surface area contributed by atoms with Gasteiger partial charge in [0.25, 0.3) is 0 Å². The van der Waals surface area contributed by atoms with Gasteiger partial charge >= 0.3 is 5.97 Å². The highest BCUT2D eigenvalue weighted by atomic mass is 35.5. The van der Waals surface area contributed by atoms with Crippen LogP contribution in [0.2, 0.25) is 0 Å². The number of thiocarbonyl (C=S) groups is 1. The Bertz CT molecular complexity index is 473. The number of carboxylic acid groups (broad SMARTS) is 1. The molecule has 0 spiro atoms. The maximum atomic E-state index is 11.5. The van der Waals surface area contributed by atoms with Crippen molar-refractivity contribution in [2.75, 3.05) is 12.3 Å². The maximum absolute atomic E-state index is 11.5. The molecule has 17 heavy (non-hydrogen) atoms. The van der Waals surface area contributed by atoms with Gasteiger partial charge < -0.3 is 5.11 Å². The summed E-state index contributed by atoms with van der Waals surface area (Å²) in [7, 11) is 0. The van der Waals surface area contributed by atoms with Crippen molar-refractivity contribution in [1.82, 2.24) is 4.90 Å². The number of carbonyl (C=O) groups is 2. The molecule has 90 valence electrons. The third-order valence-corrected chi connectivity index (χ3v) is 4.56. The number of aliphatic imine (C=N–C) groups is 1. The molecule has 5 nitrogen and oxygen atoms in total. The highest BCUT2D eigenvalue weighted by molar-refractivity contribution is 8.00. The lowest BCUT2D eigenvalue weighted by Gasteiger charge is -2.46. The van der Waals surface area contributed by atoms with Crippen LogP contribution in [0.25, 0.3) is 0 Å². The average molecular weight is 291 g/mol. The standard InChI is InChI=1S/C9H7ClN2O3S2/c10-5-7(13)12-6(9(14)15)4(1-11-3-16)2-17-8(5)12/h5,8H,1-2H2,(H,14,15)/t5-,8+/m0/s1. The highest BCUT2D eigenvalue weighted by Gasteiger charge is 2.52. The first-order valence-electron chi connectivity index (χ1n) is 4.65. The normalized spacial score (nSPS) is 27.1. The zero-order valence-corrected chi connectivity index (χ0v) is 10.8. The van der Waals surface area contributed by atoms with Gasteiger partial charge in [0.05, 0.1) is 11.7 Å². The minimum atomic E-state index is -1.14. The molecule has 0 aliphatic carbocycles. The van der Waals surface area contributed by atoms with Crippen molar-refractivity contribution in [3.05, 3.63) is 11.3 Å². The van der Waals surface area contributed by atoms with Crippen LogP contribution in [-0.4, -0.2) is 50.1 Å². The van der Waals surface area contributed by atoms with E-state index >= 15 is 0 Å². The second-order valence-electron chi connectivity index (χ2n) is 3.48. The van der Waals surface area contributed by atoms with Crippen molar-refractivity contribution in [2.24, 2.45) is 4.99 Å². The molecular weight excluding hydrogens is 284 g/mol. The van der Waals surface area contributed by atoms with Gasteiger partial charge in [-0.05, 0) is 17.8 Å². The van der Waals surface area contributed by atoms with Crippen LogP contribution < -0.4 is 0 Å². The Morgan fingerprint density at radius 1 is 1.76 bits per heavy atom. The van der Waals surface area contributed by atoms with Gasteiger partial charge in [-0.1, -0.05) is 0 Å². The average Bonchev–Trinajstić information content (AvgIpc) is 2.33. The fraction of sp³-hybridized carbons (Fsp3) is 0.444. The smallest absolute Gasteiger partial charge is 0.352 e. The van der Waals surface area contributed by atoms with Crippen molar-refractivity contribution in [1.29, 1.82) is 0 Å². The summed E-state index contributed by atoms with van der Waals surface area (Å²) in [6, 6.07) is 0. The highest BCUT2D eigenvalue weighted by Crippen LogP contribution is 2.42. The number of nitrogens with zero attached hydrogens (tertiary/aromatic N) is 2. The number of fused-ring (bicyclic) bond motifs is 1. The van der Waals surface area contributed by atoms with Crippen molar-refractivity contribution in [3.8, 4) is 0 Å². The molecular formula is C9H7ClN2O3S2. The summed E-state index contributed by atoms with van der Waals surface area (Å²) in [6.07, 6.45) is 0. The first-order chi connectivity index (χ1) is 8.07. The van der Waals surface area contributed by atoms with E-state index in [0.29, 0.717) is 11.3 Å². The Balaban J connectivity index is 2.36. The van der Waals surface area contributed by atoms with Crippen molar-refractivity contribution >= 4 is 52.6 Å². The molecule has 1 amide bonds. The van der Waals surface area contributed by atoms with Crippen molar-refractivity contribution in [2.45, 2.75) is 10.8 Å². The Hall–Kier alpha value is -0.880. The molecule has 2 heterocycles. The van der Waals surface area contributed by atoms with E-state index in [1.54, 1.807) is 0 Å². The van der Waals surface area contributed by atoms with E-state index in [-0.39, 0.29) is 23.5 Å². The SMILES string of the molecule is O=C(O)C1=C(CN=C=S)CS[C@@H]2[C@@H](Cl)C(=O)N12. The fourth-order valence-corrected chi connectivity index (χ4v) is 3.50. The summed E-state index contributed by atoms with van der Waals surface area (Å²) in [5, 5.41) is 10.4. The van der Waals surface area contributed by atoms with Gasteiger partial charge in [-0.15, -0.1) is 23.4 Å². The van der Waals surface area contributed by atoms with E-state index < -0.39 is 11.3 Å². The Morgan fingerprint density at radius 2 is 2.47 bits per heavy atom. The molecule has 0 unspecified atom stereocenters. The van der Waals surface area contributed by atoms with Crippen LogP contribution in [0.5, 0.6) is 0 Å². The molecule has 0 radical (unpaired) electrons. The molecule has 0 bridgehead atoms. The molecule has 8 heteroatoms. The molecule has 0 aromatic rings. The van der Waals surface area contributed by atoms with Crippen LogP contribution >= 0.6 is 35.6 Å². The quantitative estimate of drug-likeness (QED) is 0.363. The minimum absolute atomic E-state index is 0.00958. The van der Waals surface area contributed by atoms with Gasteiger partial charge in [-0.3, -0.25) is 9.69 Å². The number of rotatable bonds is 3. The largest absolute Gasteiger partial charge is 0.477 e. The van der Waals surface area contributed by atoms with Gasteiger partial charge in [-0.25, -0.2) is 9.79 Å². The van der Waals surface area contributed by atoms with Crippen LogP contribution in [0.15, 0.2) is 16.3 Å². The summed E-state index contributed by atoms with van der Waals surface area (Å²) in [5.41, 5.74) is 0.553.